The van der Waals surface area contributed by atoms with E-state index in [2.05, 4.69) is 0 Å². The maximum absolute atomic E-state index is 13.3. The zero-order valence-electron chi connectivity index (χ0n) is 15.5. The Morgan fingerprint density at radius 2 is 1.69 bits per heavy atom. The van der Waals surface area contributed by atoms with Crippen LogP contribution in [-0.4, -0.2) is 62.7 Å². The number of hydrogen-bond donors (Lipinski definition) is 4. The number of esters is 1. The first-order chi connectivity index (χ1) is 12.0. The summed E-state index contributed by atoms with van der Waals surface area (Å²) in [6.07, 6.45) is -5.21. The third kappa shape index (κ3) is 1.78. The number of carbonyl (C=O) groups is 2. The lowest BCUT2D eigenvalue weighted by molar-refractivity contribution is -0.263. The highest BCUT2D eigenvalue weighted by molar-refractivity contribution is 5.96. The maximum Gasteiger partial charge on any atom is 0.310 e. The van der Waals surface area contributed by atoms with E-state index in [0.717, 1.165) is 0 Å². The standard InChI is InChI=1S/C19H28O7/c1-6-5-8(20)15(23)18(3)9(6)11(21)16(24)19(4)10-7(2)13(26-17(10)25)12(22)14(18)19/h6-15,20-23H,5H2,1-4H3/t6-,7+,8-,9+,10+,11+,12-,13+,14+,15+,18-,19-/m0/s1. The summed E-state index contributed by atoms with van der Waals surface area (Å²) in [5, 5.41) is 43.4. The molecular formula is C19H28O7. The summed E-state index contributed by atoms with van der Waals surface area (Å²) in [5.41, 5.74) is -2.48. The van der Waals surface area contributed by atoms with Crippen LogP contribution in [0, 0.1) is 40.4 Å². The number of hydrogen-bond acceptors (Lipinski definition) is 7. The number of rotatable bonds is 0. The molecule has 1 aliphatic heterocycles. The third-order valence-corrected chi connectivity index (χ3v) is 8.28. The normalized spacial score (nSPS) is 61.7. The van der Waals surface area contributed by atoms with Gasteiger partial charge in [-0.05, 0) is 12.3 Å². The van der Waals surface area contributed by atoms with E-state index in [4.69, 9.17) is 4.74 Å². The van der Waals surface area contributed by atoms with E-state index in [1.807, 2.05) is 6.92 Å². The largest absolute Gasteiger partial charge is 0.459 e. The molecule has 1 heterocycles. The molecule has 4 rings (SSSR count). The van der Waals surface area contributed by atoms with Crippen LogP contribution in [-0.2, 0) is 14.3 Å². The summed E-state index contributed by atoms with van der Waals surface area (Å²) in [7, 11) is 0. The molecule has 4 aliphatic rings. The molecule has 0 aromatic rings. The van der Waals surface area contributed by atoms with Gasteiger partial charge < -0.3 is 25.2 Å². The molecule has 0 spiro atoms. The van der Waals surface area contributed by atoms with Gasteiger partial charge in [0.15, 0.2) is 5.78 Å². The topological polar surface area (TPSA) is 124 Å². The molecule has 2 bridgehead atoms. The number of ketones is 1. The Morgan fingerprint density at radius 3 is 2.31 bits per heavy atom. The van der Waals surface area contributed by atoms with Crippen LogP contribution in [0.2, 0.25) is 0 Å². The molecule has 3 saturated carbocycles. The molecule has 146 valence electrons. The molecule has 12 atom stereocenters. The molecule has 0 amide bonds. The van der Waals surface area contributed by atoms with Crippen LogP contribution in [0.5, 0.6) is 0 Å². The molecule has 4 fully saturated rings. The molecule has 0 aromatic heterocycles. The van der Waals surface area contributed by atoms with E-state index in [9.17, 15) is 30.0 Å². The Morgan fingerprint density at radius 1 is 1.08 bits per heavy atom. The van der Waals surface area contributed by atoms with Gasteiger partial charge in [0, 0.05) is 28.6 Å². The van der Waals surface area contributed by atoms with Gasteiger partial charge in [-0.3, -0.25) is 9.59 Å². The van der Waals surface area contributed by atoms with E-state index in [1.54, 1.807) is 20.8 Å². The summed E-state index contributed by atoms with van der Waals surface area (Å²) in [5.74, 6) is -3.75. The predicted molar refractivity (Wildman–Crippen MR) is 88.5 cm³/mol. The molecule has 0 unspecified atom stereocenters. The van der Waals surface area contributed by atoms with Gasteiger partial charge in [-0.1, -0.05) is 27.7 Å². The van der Waals surface area contributed by atoms with E-state index < -0.39 is 70.9 Å². The Bertz CT molecular complexity index is 664. The summed E-state index contributed by atoms with van der Waals surface area (Å²) in [4.78, 5) is 25.8. The van der Waals surface area contributed by atoms with Crippen LogP contribution in [0.15, 0.2) is 0 Å². The minimum Gasteiger partial charge on any atom is -0.459 e. The van der Waals surface area contributed by atoms with Crippen LogP contribution in [0.1, 0.15) is 34.1 Å². The number of carbonyl (C=O) groups excluding carboxylic acids is 2. The van der Waals surface area contributed by atoms with Crippen LogP contribution in [0.3, 0.4) is 0 Å². The zero-order chi connectivity index (χ0) is 19.3. The minimum absolute atomic E-state index is 0.220. The lowest BCUT2D eigenvalue weighted by Crippen LogP contribution is -2.75. The first-order valence-corrected chi connectivity index (χ1v) is 9.46. The molecular weight excluding hydrogens is 340 g/mol. The highest BCUT2D eigenvalue weighted by atomic mass is 16.6. The Labute approximate surface area is 152 Å². The SMILES string of the molecule is C[C@H]1[C@H]2OC(=O)[C@@H]1[C@]1(C)C(=O)[C@H](O)[C@H]3[C@@H](C)C[C@H](O)[C@@H](O)[C@]3(C)[C@H]1[C@H]2O. The number of fused-ring (bicyclic) bond motifs is 6. The quantitative estimate of drug-likeness (QED) is 0.425. The van der Waals surface area contributed by atoms with Crippen molar-refractivity contribution in [2.75, 3.05) is 0 Å². The first kappa shape index (κ1) is 18.3. The highest BCUT2D eigenvalue weighted by Crippen LogP contribution is 2.67. The van der Waals surface area contributed by atoms with Gasteiger partial charge in [-0.25, -0.2) is 0 Å². The third-order valence-electron chi connectivity index (χ3n) is 8.28. The summed E-state index contributed by atoms with van der Waals surface area (Å²) in [6.45, 7) is 6.94. The van der Waals surface area contributed by atoms with Crippen molar-refractivity contribution in [1.82, 2.24) is 0 Å². The first-order valence-electron chi connectivity index (χ1n) is 9.46. The van der Waals surface area contributed by atoms with Crippen molar-refractivity contribution in [3.63, 3.8) is 0 Å². The van der Waals surface area contributed by atoms with Crippen LogP contribution in [0.4, 0.5) is 0 Å². The van der Waals surface area contributed by atoms with Crippen molar-refractivity contribution >= 4 is 11.8 Å². The molecule has 26 heavy (non-hydrogen) atoms. The minimum atomic E-state index is -1.36. The summed E-state index contributed by atoms with van der Waals surface area (Å²) >= 11 is 0. The van der Waals surface area contributed by atoms with Gasteiger partial charge in [0.1, 0.15) is 12.2 Å². The van der Waals surface area contributed by atoms with Gasteiger partial charge >= 0.3 is 5.97 Å². The number of aliphatic hydroxyl groups is 4. The fraction of sp³-hybridized carbons (Fsp3) is 0.895. The van der Waals surface area contributed by atoms with E-state index in [0.29, 0.717) is 0 Å². The van der Waals surface area contributed by atoms with Gasteiger partial charge in [0.05, 0.1) is 24.2 Å². The fourth-order valence-electron chi connectivity index (χ4n) is 7.35. The van der Waals surface area contributed by atoms with Gasteiger partial charge in [0.25, 0.3) is 0 Å². The van der Waals surface area contributed by atoms with Gasteiger partial charge in [-0.15, -0.1) is 0 Å². The summed E-state index contributed by atoms with van der Waals surface area (Å²) < 4.78 is 5.40. The van der Waals surface area contributed by atoms with Crippen molar-refractivity contribution in [2.45, 2.75) is 64.6 Å². The smallest absolute Gasteiger partial charge is 0.310 e. The molecule has 1 saturated heterocycles. The molecule has 7 heteroatoms. The summed E-state index contributed by atoms with van der Waals surface area (Å²) in [6, 6.07) is 0. The molecule has 7 nitrogen and oxygen atoms in total. The van der Waals surface area contributed by atoms with E-state index in [1.165, 1.54) is 0 Å². The average Bonchev–Trinajstić information content (AvgIpc) is 2.80. The predicted octanol–water partition coefficient (Wildman–Crippen LogP) is -0.511. The van der Waals surface area contributed by atoms with Crippen LogP contribution < -0.4 is 0 Å². The molecule has 3 aliphatic carbocycles. The Balaban J connectivity index is 1.96. The number of ether oxygens (including phenoxy) is 1. The average molecular weight is 368 g/mol. The lowest BCUT2D eigenvalue weighted by atomic mass is 9.38. The lowest BCUT2D eigenvalue weighted by Gasteiger charge is -2.65. The molecule has 0 radical (unpaired) electrons. The van der Waals surface area contributed by atoms with Crippen molar-refractivity contribution in [2.24, 2.45) is 40.4 Å². The second kappa shape index (κ2) is 5.28. The molecule has 4 N–H and O–H groups in total. The van der Waals surface area contributed by atoms with Crippen LogP contribution in [0.25, 0.3) is 0 Å². The van der Waals surface area contributed by atoms with Gasteiger partial charge in [0.2, 0.25) is 0 Å². The van der Waals surface area contributed by atoms with Crippen molar-refractivity contribution in [3.05, 3.63) is 0 Å². The van der Waals surface area contributed by atoms with Crippen molar-refractivity contribution in [1.29, 1.82) is 0 Å². The van der Waals surface area contributed by atoms with Crippen LogP contribution >= 0.6 is 0 Å². The number of Topliss-reactive ketones (excluding diaryl/α,β-unsaturated/α-hetero) is 1. The van der Waals surface area contributed by atoms with E-state index in [-0.39, 0.29) is 18.3 Å². The maximum atomic E-state index is 13.3. The second-order valence-corrected chi connectivity index (χ2v) is 9.42. The van der Waals surface area contributed by atoms with Crippen molar-refractivity contribution in [3.8, 4) is 0 Å². The van der Waals surface area contributed by atoms with Gasteiger partial charge in [-0.2, -0.15) is 0 Å². The number of aliphatic hydroxyl groups excluding tert-OH is 4. The monoisotopic (exact) mass is 368 g/mol. The fourth-order valence-corrected chi connectivity index (χ4v) is 7.35. The zero-order valence-corrected chi connectivity index (χ0v) is 15.5. The molecule has 0 aromatic carbocycles. The van der Waals surface area contributed by atoms with Crippen molar-refractivity contribution < 1.29 is 34.8 Å². The highest BCUT2D eigenvalue weighted by Gasteiger charge is 2.77. The Hall–Kier alpha value is -1.02. The Kier molecular flexibility index (Phi) is 3.73. The van der Waals surface area contributed by atoms with E-state index >= 15 is 0 Å². The second-order valence-electron chi connectivity index (χ2n) is 9.42.